The quantitative estimate of drug-likeness (QED) is 0.203. The van der Waals surface area contributed by atoms with Gasteiger partial charge in [-0.05, 0) is 76.4 Å². The Labute approximate surface area is 239 Å². The first-order valence-corrected chi connectivity index (χ1v) is 13.6. The monoisotopic (exact) mass is 662 g/mol. The van der Waals surface area contributed by atoms with Gasteiger partial charge in [0, 0.05) is 16.1 Å². The average molecular weight is 665 g/mol. The second kappa shape index (κ2) is 12.2. The average Bonchev–Trinajstić information content (AvgIpc) is 2.87. The van der Waals surface area contributed by atoms with Crippen molar-refractivity contribution in [3.8, 4) is 5.75 Å². The molecule has 0 aliphatic heterocycles. The number of carbonyl (C=O) groups is 1. The van der Waals surface area contributed by atoms with E-state index in [1.807, 2.05) is 19.9 Å². The number of halogens is 4. The first kappa shape index (κ1) is 27.9. The molecule has 1 atom stereocenters. The zero-order chi connectivity index (χ0) is 27.4. The van der Waals surface area contributed by atoms with Crippen LogP contribution in [0.1, 0.15) is 37.6 Å². The zero-order valence-electron chi connectivity index (χ0n) is 20.3. The molecule has 0 radical (unpaired) electrons. The van der Waals surface area contributed by atoms with E-state index in [2.05, 4.69) is 42.3 Å². The number of rotatable bonds is 8. The number of amides is 1. The third kappa shape index (κ3) is 6.48. The number of anilines is 1. The Morgan fingerprint density at radius 1 is 1.24 bits per heavy atom. The fourth-order valence-corrected chi connectivity index (χ4v) is 4.95. The van der Waals surface area contributed by atoms with Gasteiger partial charge in [0.05, 0.1) is 26.6 Å². The van der Waals surface area contributed by atoms with E-state index in [9.17, 15) is 14.0 Å². The van der Waals surface area contributed by atoms with Gasteiger partial charge in [-0.25, -0.2) is 9.37 Å². The smallest absolute Gasteiger partial charge is 0.282 e. The number of nitrogens with one attached hydrogen (secondary N) is 1. The number of carbonyl (C=O) groups excluding carboxylic acids is 1. The summed E-state index contributed by atoms with van der Waals surface area (Å²) < 4.78 is 21.5. The summed E-state index contributed by atoms with van der Waals surface area (Å²) in [6.45, 7) is 3.67. The highest BCUT2D eigenvalue weighted by molar-refractivity contribution is 9.10. The zero-order valence-corrected chi connectivity index (χ0v) is 24.3. The van der Waals surface area contributed by atoms with Gasteiger partial charge in [-0.15, -0.1) is 0 Å². The highest BCUT2D eigenvalue weighted by atomic mass is 79.9. The van der Waals surface area contributed by atoms with Crippen molar-refractivity contribution in [2.24, 2.45) is 5.10 Å². The molecule has 0 saturated heterocycles. The summed E-state index contributed by atoms with van der Waals surface area (Å²) in [5.41, 5.74) is 1.23. The summed E-state index contributed by atoms with van der Waals surface area (Å²) >= 11 is 13.2. The van der Waals surface area contributed by atoms with E-state index in [4.69, 9.17) is 21.3 Å². The molecule has 7 nitrogen and oxygen atoms in total. The SMILES string of the molecule is CC[C@H](C)c1nc2ccc(Br)cc2c(=O)n1N=Cc1cc(Cl)c(OCC(=O)Nc2cccc(F)c2)c(Br)c1. The van der Waals surface area contributed by atoms with Gasteiger partial charge < -0.3 is 10.1 Å². The van der Waals surface area contributed by atoms with Crippen LogP contribution in [-0.2, 0) is 4.79 Å². The van der Waals surface area contributed by atoms with Crippen molar-refractivity contribution in [2.45, 2.75) is 26.2 Å². The molecule has 1 aromatic heterocycles. The highest BCUT2D eigenvalue weighted by Crippen LogP contribution is 2.34. The predicted molar refractivity (Wildman–Crippen MR) is 155 cm³/mol. The van der Waals surface area contributed by atoms with Crippen LogP contribution in [0.5, 0.6) is 5.75 Å². The third-order valence-corrected chi connectivity index (χ3v) is 7.05. The van der Waals surface area contributed by atoms with Crippen molar-refractivity contribution in [1.29, 1.82) is 0 Å². The van der Waals surface area contributed by atoms with Crippen LogP contribution < -0.4 is 15.6 Å². The molecule has 11 heteroatoms. The minimum atomic E-state index is -0.475. The Balaban J connectivity index is 1.57. The van der Waals surface area contributed by atoms with E-state index in [0.29, 0.717) is 32.5 Å². The first-order valence-electron chi connectivity index (χ1n) is 11.6. The second-order valence-electron chi connectivity index (χ2n) is 8.46. The Hall–Kier alpha value is -3.08. The summed E-state index contributed by atoms with van der Waals surface area (Å²) in [7, 11) is 0. The normalized spacial score (nSPS) is 12.2. The molecule has 0 unspecified atom stereocenters. The third-order valence-electron chi connectivity index (χ3n) is 5.69. The highest BCUT2D eigenvalue weighted by Gasteiger charge is 2.16. The molecular weight excluding hydrogens is 643 g/mol. The first-order chi connectivity index (χ1) is 18.2. The Bertz CT molecular complexity index is 1590. The molecule has 1 heterocycles. The minimum Gasteiger partial charge on any atom is -0.481 e. The van der Waals surface area contributed by atoms with E-state index in [1.165, 1.54) is 29.1 Å². The van der Waals surface area contributed by atoms with Crippen LogP contribution in [0.2, 0.25) is 5.02 Å². The van der Waals surface area contributed by atoms with Crippen molar-refractivity contribution in [2.75, 3.05) is 11.9 Å². The molecule has 0 saturated carbocycles. The number of aromatic nitrogens is 2. The number of nitrogens with zero attached hydrogens (tertiary/aromatic N) is 3. The maximum Gasteiger partial charge on any atom is 0.282 e. The molecule has 4 rings (SSSR count). The number of hydrogen-bond donors (Lipinski definition) is 1. The Morgan fingerprint density at radius 2 is 2.03 bits per heavy atom. The lowest BCUT2D eigenvalue weighted by molar-refractivity contribution is -0.118. The van der Waals surface area contributed by atoms with Crippen molar-refractivity contribution < 1.29 is 13.9 Å². The van der Waals surface area contributed by atoms with Crippen molar-refractivity contribution in [1.82, 2.24) is 9.66 Å². The summed E-state index contributed by atoms with van der Waals surface area (Å²) in [5.74, 6) is -0.127. The van der Waals surface area contributed by atoms with Crippen molar-refractivity contribution in [3.05, 3.63) is 96.1 Å². The van der Waals surface area contributed by atoms with Crippen molar-refractivity contribution in [3.63, 3.8) is 0 Å². The summed E-state index contributed by atoms with van der Waals surface area (Å²) in [6.07, 6.45) is 2.29. The summed E-state index contributed by atoms with van der Waals surface area (Å²) in [5, 5.41) is 7.69. The van der Waals surface area contributed by atoms with Gasteiger partial charge in [-0.3, -0.25) is 9.59 Å². The molecule has 1 N–H and O–H groups in total. The number of fused-ring (bicyclic) bond motifs is 1. The van der Waals surface area contributed by atoms with Crippen LogP contribution in [-0.4, -0.2) is 28.4 Å². The van der Waals surface area contributed by atoms with E-state index in [0.717, 1.165) is 10.9 Å². The lowest BCUT2D eigenvalue weighted by Gasteiger charge is -2.14. The van der Waals surface area contributed by atoms with Gasteiger partial charge in [0.2, 0.25) is 0 Å². The second-order valence-corrected chi connectivity index (χ2v) is 10.6. The van der Waals surface area contributed by atoms with Crippen LogP contribution in [0.3, 0.4) is 0 Å². The van der Waals surface area contributed by atoms with E-state index < -0.39 is 11.7 Å². The van der Waals surface area contributed by atoms with Gasteiger partial charge in [0.15, 0.2) is 12.4 Å². The van der Waals surface area contributed by atoms with Crippen LogP contribution >= 0.6 is 43.5 Å². The minimum absolute atomic E-state index is 0.00229. The maximum absolute atomic E-state index is 13.3. The van der Waals surface area contributed by atoms with E-state index in [1.54, 1.807) is 30.3 Å². The molecule has 38 heavy (non-hydrogen) atoms. The molecular formula is C27H22Br2ClFN4O3. The number of ether oxygens (including phenoxy) is 1. The Morgan fingerprint density at radius 3 is 2.74 bits per heavy atom. The van der Waals surface area contributed by atoms with Crippen LogP contribution in [0, 0.1) is 5.82 Å². The topological polar surface area (TPSA) is 85.6 Å². The maximum atomic E-state index is 13.3. The van der Waals surface area contributed by atoms with Crippen LogP contribution in [0.4, 0.5) is 10.1 Å². The fraction of sp³-hybridized carbons (Fsp3) is 0.185. The summed E-state index contributed by atoms with van der Waals surface area (Å²) in [6, 6.07) is 14.2. The number of hydrogen-bond acceptors (Lipinski definition) is 5. The van der Waals surface area contributed by atoms with Crippen molar-refractivity contribution >= 4 is 72.2 Å². The van der Waals surface area contributed by atoms with Gasteiger partial charge in [-0.2, -0.15) is 9.78 Å². The molecule has 4 aromatic rings. The van der Waals surface area contributed by atoms with Gasteiger partial charge in [0.1, 0.15) is 11.6 Å². The number of benzene rings is 3. The van der Waals surface area contributed by atoms with E-state index >= 15 is 0 Å². The molecule has 0 aliphatic rings. The fourth-order valence-electron chi connectivity index (χ4n) is 3.60. The lowest BCUT2D eigenvalue weighted by Crippen LogP contribution is -2.23. The molecule has 0 aliphatic carbocycles. The van der Waals surface area contributed by atoms with Crippen LogP contribution in [0.25, 0.3) is 10.9 Å². The lowest BCUT2D eigenvalue weighted by atomic mass is 10.1. The standard InChI is InChI=1S/C27H22Br2ClFN4O3/c1-3-15(2)26-34-23-8-7-17(28)11-20(23)27(37)35(26)32-13-16-9-21(29)25(22(30)10-16)38-14-24(36)33-19-6-4-5-18(31)12-19/h4-13,15H,3,14H2,1-2H3,(H,33,36)/t15-/m0/s1. The largest absolute Gasteiger partial charge is 0.481 e. The van der Waals surface area contributed by atoms with Crippen LogP contribution in [0.15, 0.2) is 73.4 Å². The summed E-state index contributed by atoms with van der Waals surface area (Å²) in [4.78, 5) is 30.2. The molecule has 196 valence electrons. The molecule has 3 aromatic carbocycles. The molecule has 0 spiro atoms. The Kier molecular flexibility index (Phi) is 8.96. The molecule has 0 fully saturated rings. The van der Waals surface area contributed by atoms with Gasteiger partial charge >= 0.3 is 0 Å². The predicted octanol–water partition coefficient (Wildman–Crippen LogP) is 7.13. The van der Waals surface area contributed by atoms with Gasteiger partial charge in [0.25, 0.3) is 11.5 Å². The molecule has 0 bridgehead atoms. The van der Waals surface area contributed by atoms with Gasteiger partial charge in [-0.1, -0.05) is 47.4 Å². The molecule has 1 amide bonds. The van der Waals surface area contributed by atoms with E-state index in [-0.39, 0.29) is 28.9 Å².